The summed E-state index contributed by atoms with van der Waals surface area (Å²) in [6.45, 7) is 0. The molecule has 1 aliphatic heterocycles. The van der Waals surface area contributed by atoms with Gasteiger partial charge in [0.05, 0.1) is 12.1 Å². The lowest BCUT2D eigenvalue weighted by Crippen LogP contribution is -2.29. The van der Waals surface area contributed by atoms with Crippen molar-refractivity contribution in [3.8, 4) is 33.8 Å². The summed E-state index contributed by atoms with van der Waals surface area (Å²) >= 11 is 7.56. The zero-order valence-corrected chi connectivity index (χ0v) is 25.5. The largest absolute Gasteiger partial charge is 0.508 e. The second-order valence-electron chi connectivity index (χ2n) is 11.0. The molecule has 3 atom stereocenters. The van der Waals surface area contributed by atoms with Crippen molar-refractivity contribution in [1.29, 1.82) is 0 Å². The molecular formula is C37H32FNO3S2. The van der Waals surface area contributed by atoms with E-state index >= 15 is 0 Å². The molecule has 0 spiro atoms. The zero-order chi connectivity index (χ0) is 30.6. The van der Waals surface area contributed by atoms with E-state index in [1.807, 2.05) is 36.4 Å². The highest BCUT2D eigenvalue weighted by atomic mass is 32.2. The maximum absolute atomic E-state index is 13.4. The SMILES string of the molecule is Oc1cccc(-c2ccc([C@@H]3[C@@H](CCC[C@@H](O)c4ccc(F)cc4)SC(=S)N3c3ccc(-c4ccccc4)cc3)c(O)c2)c1. The predicted octanol–water partition coefficient (Wildman–Crippen LogP) is 9.42. The summed E-state index contributed by atoms with van der Waals surface area (Å²) in [6.07, 6.45) is 1.30. The van der Waals surface area contributed by atoms with Crippen molar-refractivity contribution >= 4 is 34.0 Å². The number of anilines is 1. The average molecular weight is 622 g/mol. The third kappa shape index (κ3) is 6.50. The van der Waals surface area contributed by atoms with E-state index in [0.29, 0.717) is 12.0 Å². The van der Waals surface area contributed by atoms with E-state index in [0.717, 1.165) is 50.7 Å². The van der Waals surface area contributed by atoms with Crippen LogP contribution in [0.5, 0.6) is 11.5 Å². The summed E-state index contributed by atoms with van der Waals surface area (Å²) in [5.74, 6) is -0.00791. The Morgan fingerprint density at radius 1 is 0.750 bits per heavy atom. The fourth-order valence-electron chi connectivity index (χ4n) is 5.82. The van der Waals surface area contributed by atoms with Crippen LogP contribution in [-0.4, -0.2) is 24.9 Å². The first-order valence-electron chi connectivity index (χ1n) is 14.6. The van der Waals surface area contributed by atoms with Gasteiger partial charge in [-0.3, -0.25) is 0 Å². The van der Waals surface area contributed by atoms with Gasteiger partial charge in [0, 0.05) is 16.5 Å². The summed E-state index contributed by atoms with van der Waals surface area (Å²) in [7, 11) is 0. The highest BCUT2D eigenvalue weighted by Crippen LogP contribution is 2.49. The van der Waals surface area contributed by atoms with Gasteiger partial charge in [-0.1, -0.05) is 103 Å². The van der Waals surface area contributed by atoms with E-state index in [-0.39, 0.29) is 28.6 Å². The summed E-state index contributed by atoms with van der Waals surface area (Å²) < 4.78 is 14.1. The molecular weight excluding hydrogens is 590 g/mol. The Kier molecular flexibility index (Phi) is 8.98. The van der Waals surface area contributed by atoms with Gasteiger partial charge in [0.25, 0.3) is 0 Å². The lowest BCUT2D eigenvalue weighted by atomic mass is 9.93. The Bertz CT molecular complexity index is 1750. The molecule has 44 heavy (non-hydrogen) atoms. The van der Waals surface area contributed by atoms with Crippen LogP contribution in [0.25, 0.3) is 22.3 Å². The van der Waals surface area contributed by atoms with Gasteiger partial charge in [0.1, 0.15) is 21.6 Å². The number of hydrogen-bond acceptors (Lipinski definition) is 5. The minimum atomic E-state index is -0.691. The fraction of sp³-hybridized carbons (Fsp3) is 0.162. The van der Waals surface area contributed by atoms with Crippen molar-refractivity contribution in [2.45, 2.75) is 36.7 Å². The highest BCUT2D eigenvalue weighted by Gasteiger charge is 2.41. The molecule has 0 amide bonds. The first-order chi connectivity index (χ1) is 21.4. The van der Waals surface area contributed by atoms with Crippen molar-refractivity contribution in [1.82, 2.24) is 0 Å². The van der Waals surface area contributed by atoms with Gasteiger partial charge >= 0.3 is 0 Å². The number of thiocarbonyl (C=S) groups is 1. The molecule has 7 heteroatoms. The van der Waals surface area contributed by atoms with Crippen molar-refractivity contribution < 1.29 is 19.7 Å². The van der Waals surface area contributed by atoms with E-state index in [4.69, 9.17) is 12.2 Å². The number of aliphatic hydroxyl groups excluding tert-OH is 1. The standard InChI is InChI=1S/C37H32FNO3S2/c38-29-17-12-26(13-18-29)33(41)10-5-11-35-36(32-21-16-28(23-34(32)42)27-8-4-9-31(40)22-27)39(37(43)44-35)30-19-14-25(15-20-30)24-6-2-1-3-7-24/h1-4,6-9,12-23,33,35-36,40-42H,5,10-11H2/t33-,35-,36-/m1/s1. The van der Waals surface area contributed by atoms with E-state index < -0.39 is 6.10 Å². The van der Waals surface area contributed by atoms with Crippen LogP contribution in [0.15, 0.2) is 121 Å². The third-order valence-corrected chi connectivity index (χ3v) is 9.76. The van der Waals surface area contributed by atoms with E-state index in [1.54, 1.807) is 48.2 Å². The van der Waals surface area contributed by atoms with Gasteiger partial charge in [-0.2, -0.15) is 0 Å². The molecule has 222 valence electrons. The maximum atomic E-state index is 13.4. The summed E-state index contributed by atoms with van der Waals surface area (Å²) in [5.41, 5.74) is 6.24. The number of rotatable bonds is 9. The molecule has 0 aliphatic carbocycles. The number of halogens is 1. The molecule has 5 aromatic carbocycles. The quantitative estimate of drug-likeness (QED) is 0.143. The molecule has 0 aromatic heterocycles. The second-order valence-corrected chi connectivity index (χ2v) is 12.8. The summed E-state index contributed by atoms with van der Waals surface area (Å²) in [6, 6.07) is 36.9. The minimum Gasteiger partial charge on any atom is -0.508 e. The van der Waals surface area contributed by atoms with Crippen LogP contribution in [0.3, 0.4) is 0 Å². The molecule has 0 radical (unpaired) electrons. The Morgan fingerprint density at radius 3 is 2.11 bits per heavy atom. The van der Waals surface area contributed by atoms with Crippen LogP contribution in [0.4, 0.5) is 10.1 Å². The highest BCUT2D eigenvalue weighted by molar-refractivity contribution is 8.24. The van der Waals surface area contributed by atoms with E-state index in [9.17, 15) is 19.7 Å². The number of nitrogens with zero attached hydrogens (tertiary/aromatic N) is 1. The second kappa shape index (κ2) is 13.2. The van der Waals surface area contributed by atoms with Gasteiger partial charge in [-0.15, -0.1) is 0 Å². The zero-order valence-electron chi connectivity index (χ0n) is 23.9. The fourth-order valence-corrected chi connectivity index (χ4v) is 7.68. The molecule has 0 bridgehead atoms. The Morgan fingerprint density at radius 2 is 1.41 bits per heavy atom. The van der Waals surface area contributed by atoms with Crippen LogP contribution >= 0.6 is 24.0 Å². The Hall–Kier alpha value is -4.17. The molecule has 3 N–H and O–H groups in total. The smallest absolute Gasteiger partial charge is 0.141 e. The molecule has 0 unspecified atom stereocenters. The Balaban J connectivity index is 1.29. The van der Waals surface area contributed by atoms with Gasteiger partial charge in [0.15, 0.2) is 0 Å². The summed E-state index contributed by atoms with van der Waals surface area (Å²) in [4.78, 5) is 2.12. The van der Waals surface area contributed by atoms with Gasteiger partial charge in [0.2, 0.25) is 0 Å². The van der Waals surface area contributed by atoms with Gasteiger partial charge in [-0.25, -0.2) is 4.39 Å². The topological polar surface area (TPSA) is 63.9 Å². The van der Waals surface area contributed by atoms with Crippen LogP contribution in [0.2, 0.25) is 0 Å². The molecule has 5 aromatic rings. The number of benzene rings is 5. The lowest BCUT2D eigenvalue weighted by Gasteiger charge is -2.30. The number of phenolic OH excluding ortho intramolecular Hbond substituents is 2. The molecule has 6 rings (SSSR count). The summed E-state index contributed by atoms with van der Waals surface area (Å²) in [5, 5.41) is 32.2. The number of hydrogen-bond donors (Lipinski definition) is 3. The number of aliphatic hydroxyl groups is 1. The van der Waals surface area contributed by atoms with E-state index in [2.05, 4.69) is 41.3 Å². The molecule has 1 fully saturated rings. The van der Waals surface area contributed by atoms with Crippen molar-refractivity contribution in [2.24, 2.45) is 0 Å². The molecule has 1 aliphatic rings. The Labute approximate surface area is 266 Å². The van der Waals surface area contributed by atoms with Gasteiger partial charge in [-0.05, 0) is 89.5 Å². The van der Waals surface area contributed by atoms with Crippen molar-refractivity contribution in [2.75, 3.05) is 4.90 Å². The van der Waals surface area contributed by atoms with Crippen molar-refractivity contribution in [3.05, 3.63) is 138 Å². The predicted molar refractivity (Wildman–Crippen MR) is 181 cm³/mol. The number of aromatic hydroxyl groups is 2. The average Bonchev–Trinajstić information content (AvgIpc) is 3.36. The normalized spacial score (nSPS) is 17.1. The van der Waals surface area contributed by atoms with Crippen molar-refractivity contribution in [3.63, 3.8) is 0 Å². The molecule has 0 saturated carbocycles. The van der Waals surface area contributed by atoms with Crippen LogP contribution < -0.4 is 4.90 Å². The maximum Gasteiger partial charge on any atom is 0.141 e. The monoisotopic (exact) mass is 621 g/mol. The first kappa shape index (κ1) is 29.9. The first-order valence-corrected chi connectivity index (χ1v) is 15.9. The van der Waals surface area contributed by atoms with Crippen LogP contribution in [0, 0.1) is 5.82 Å². The van der Waals surface area contributed by atoms with Crippen LogP contribution in [0.1, 0.15) is 42.5 Å². The number of thioether (sulfide) groups is 1. The van der Waals surface area contributed by atoms with Crippen LogP contribution in [-0.2, 0) is 0 Å². The minimum absolute atomic E-state index is 0.0224. The molecule has 1 heterocycles. The molecule has 1 saturated heterocycles. The van der Waals surface area contributed by atoms with E-state index in [1.165, 1.54) is 12.1 Å². The third-order valence-electron chi connectivity index (χ3n) is 8.08. The molecule has 4 nitrogen and oxygen atoms in total. The number of phenols is 2. The van der Waals surface area contributed by atoms with Gasteiger partial charge < -0.3 is 20.2 Å². The lowest BCUT2D eigenvalue weighted by molar-refractivity contribution is 0.163.